The van der Waals surface area contributed by atoms with Crippen molar-refractivity contribution in [1.82, 2.24) is 9.88 Å². The summed E-state index contributed by atoms with van der Waals surface area (Å²) in [5.41, 5.74) is 0.477. The predicted molar refractivity (Wildman–Crippen MR) is 114 cm³/mol. The maximum Gasteiger partial charge on any atom is 0.416 e. The van der Waals surface area contributed by atoms with Crippen LogP contribution in [0.5, 0.6) is 0 Å². The molecule has 2 amide bonds. The first-order chi connectivity index (χ1) is 15.3. The maximum absolute atomic E-state index is 12.7. The van der Waals surface area contributed by atoms with E-state index in [4.69, 9.17) is 0 Å². The number of alkyl halides is 3. The predicted octanol–water partition coefficient (Wildman–Crippen LogP) is 4.19. The first kappa shape index (κ1) is 22.1. The van der Waals surface area contributed by atoms with Crippen LogP contribution < -0.4 is 10.2 Å². The summed E-state index contributed by atoms with van der Waals surface area (Å²) in [4.78, 5) is 33.4. The minimum absolute atomic E-state index is 0.131. The van der Waals surface area contributed by atoms with Gasteiger partial charge >= 0.3 is 6.18 Å². The van der Waals surface area contributed by atoms with E-state index in [0.29, 0.717) is 31.7 Å². The Labute approximate surface area is 184 Å². The van der Waals surface area contributed by atoms with Crippen molar-refractivity contribution in [3.05, 3.63) is 53.7 Å². The second-order valence-corrected chi connectivity index (χ2v) is 8.23. The number of halogens is 3. The number of piperidine rings is 1. The van der Waals surface area contributed by atoms with Gasteiger partial charge in [-0.1, -0.05) is 0 Å². The van der Waals surface area contributed by atoms with Gasteiger partial charge in [-0.15, -0.1) is 0 Å². The number of rotatable bonds is 4. The van der Waals surface area contributed by atoms with Crippen LogP contribution in [0.15, 0.2) is 42.6 Å². The monoisotopic (exact) mass is 446 g/mol. The molecule has 2 aliphatic rings. The molecule has 0 aliphatic carbocycles. The standard InChI is InChI=1S/C23H25F3N4O2/c24-23(25,26)18-5-3-17(4-6-18)22(32)30-13-9-16(10-14-30)21(31)28-20-8-7-19(15-27-20)29-11-1-2-12-29/h3-8,15-16H,1-2,9-14H2,(H,27,28,31). The number of hydrogen-bond acceptors (Lipinski definition) is 4. The summed E-state index contributed by atoms with van der Waals surface area (Å²) in [5, 5.41) is 2.85. The molecule has 0 spiro atoms. The third-order valence-corrected chi connectivity index (χ3v) is 6.08. The van der Waals surface area contributed by atoms with E-state index in [9.17, 15) is 22.8 Å². The molecule has 2 aromatic rings. The Morgan fingerprint density at radius 2 is 1.59 bits per heavy atom. The molecular weight excluding hydrogens is 421 g/mol. The Hall–Kier alpha value is -3.10. The van der Waals surface area contributed by atoms with Crippen LogP contribution in [-0.4, -0.2) is 47.9 Å². The van der Waals surface area contributed by atoms with Crippen LogP contribution in [0.1, 0.15) is 41.6 Å². The highest BCUT2D eigenvalue weighted by molar-refractivity contribution is 5.95. The Morgan fingerprint density at radius 1 is 0.938 bits per heavy atom. The van der Waals surface area contributed by atoms with E-state index in [1.165, 1.54) is 25.0 Å². The average Bonchev–Trinajstić information content (AvgIpc) is 3.34. The van der Waals surface area contributed by atoms with Gasteiger partial charge in [-0.25, -0.2) is 4.98 Å². The normalized spacial score (nSPS) is 17.5. The van der Waals surface area contributed by atoms with Crippen molar-refractivity contribution in [1.29, 1.82) is 0 Å². The Balaban J connectivity index is 1.28. The molecule has 0 atom stereocenters. The van der Waals surface area contributed by atoms with Gasteiger partial charge in [0.05, 0.1) is 17.4 Å². The topological polar surface area (TPSA) is 65.5 Å². The molecular formula is C23H25F3N4O2. The molecule has 0 unspecified atom stereocenters. The molecule has 1 N–H and O–H groups in total. The maximum atomic E-state index is 12.7. The quantitative estimate of drug-likeness (QED) is 0.765. The number of nitrogens with one attached hydrogen (secondary N) is 1. The molecule has 32 heavy (non-hydrogen) atoms. The van der Waals surface area contributed by atoms with Gasteiger partial charge in [0.1, 0.15) is 5.82 Å². The van der Waals surface area contributed by atoms with Gasteiger partial charge in [0.15, 0.2) is 0 Å². The van der Waals surface area contributed by atoms with Gasteiger partial charge in [-0.3, -0.25) is 9.59 Å². The Kier molecular flexibility index (Phi) is 6.34. The molecule has 170 valence electrons. The van der Waals surface area contributed by atoms with Crippen molar-refractivity contribution in [3.8, 4) is 0 Å². The summed E-state index contributed by atoms with van der Waals surface area (Å²) in [6, 6.07) is 7.97. The molecule has 2 saturated heterocycles. The zero-order valence-corrected chi connectivity index (χ0v) is 17.6. The lowest BCUT2D eigenvalue weighted by Gasteiger charge is -2.31. The van der Waals surface area contributed by atoms with E-state index in [-0.39, 0.29) is 23.3 Å². The number of carbonyl (C=O) groups is 2. The van der Waals surface area contributed by atoms with Gasteiger partial charge in [0.2, 0.25) is 5.91 Å². The van der Waals surface area contributed by atoms with Crippen LogP contribution in [0.4, 0.5) is 24.7 Å². The van der Waals surface area contributed by atoms with Crippen molar-refractivity contribution in [2.24, 2.45) is 5.92 Å². The van der Waals surface area contributed by atoms with Crippen molar-refractivity contribution < 1.29 is 22.8 Å². The van der Waals surface area contributed by atoms with Crippen molar-refractivity contribution in [3.63, 3.8) is 0 Å². The van der Waals surface area contributed by atoms with Crippen LogP contribution in [0.2, 0.25) is 0 Å². The fourth-order valence-corrected chi connectivity index (χ4v) is 4.18. The third-order valence-electron chi connectivity index (χ3n) is 6.08. The highest BCUT2D eigenvalue weighted by Crippen LogP contribution is 2.29. The summed E-state index contributed by atoms with van der Waals surface area (Å²) in [7, 11) is 0. The van der Waals surface area contributed by atoms with Crippen LogP contribution in [-0.2, 0) is 11.0 Å². The number of nitrogens with zero attached hydrogens (tertiary/aromatic N) is 3. The minimum atomic E-state index is -4.43. The molecule has 2 aliphatic heterocycles. The van der Waals surface area contributed by atoms with Gasteiger partial charge < -0.3 is 15.1 Å². The van der Waals surface area contributed by atoms with Crippen LogP contribution in [0.3, 0.4) is 0 Å². The number of anilines is 2. The van der Waals surface area contributed by atoms with E-state index in [1.807, 2.05) is 6.07 Å². The number of benzene rings is 1. The fourth-order valence-electron chi connectivity index (χ4n) is 4.18. The molecule has 3 heterocycles. The van der Waals surface area contributed by atoms with Crippen molar-refractivity contribution in [2.75, 3.05) is 36.4 Å². The number of hydrogen-bond donors (Lipinski definition) is 1. The van der Waals surface area contributed by atoms with Crippen molar-refractivity contribution >= 4 is 23.3 Å². The highest BCUT2D eigenvalue weighted by Gasteiger charge is 2.31. The molecule has 0 saturated carbocycles. The molecule has 2 fully saturated rings. The summed E-state index contributed by atoms with van der Waals surface area (Å²) in [6.45, 7) is 2.80. The largest absolute Gasteiger partial charge is 0.416 e. The summed E-state index contributed by atoms with van der Waals surface area (Å²) < 4.78 is 38.1. The van der Waals surface area contributed by atoms with Gasteiger partial charge in [-0.05, 0) is 62.1 Å². The number of pyridine rings is 1. The van der Waals surface area contributed by atoms with Gasteiger partial charge in [-0.2, -0.15) is 13.2 Å². The lowest BCUT2D eigenvalue weighted by Crippen LogP contribution is -2.41. The van der Waals surface area contributed by atoms with E-state index in [2.05, 4.69) is 15.2 Å². The number of aromatic nitrogens is 1. The first-order valence-electron chi connectivity index (χ1n) is 10.8. The van der Waals surface area contributed by atoms with E-state index in [0.717, 1.165) is 30.9 Å². The fraction of sp³-hybridized carbons (Fsp3) is 0.435. The zero-order chi connectivity index (χ0) is 22.7. The number of carbonyl (C=O) groups excluding carboxylic acids is 2. The lowest BCUT2D eigenvalue weighted by molar-refractivity contribution is -0.137. The second kappa shape index (κ2) is 9.18. The van der Waals surface area contributed by atoms with Gasteiger partial charge in [0, 0.05) is 37.7 Å². The Bertz CT molecular complexity index is 947. The molecule has 0 radical (unpaired) electrons. The molecule has 6 nitrogen and oxygen atoms in total. The highest BCUT2D eigenvalue weighted by atomic mass is 19.4. The summed E-state index contributed by atoms with van der Waals surface area (Å²) in [5.74, 6) is -0.197. The second-order valence-electron chi connectivity index (χ2n) is 8.23. The number of likely N-dealkylation sites (tertiary alicyclic amines) is 1. The number of amides is 2. The van der Waals surface area contributed by atoms with E-state index in [1.54, 1.807) is 17.2 Å². The molecule has 4 rings (SSSR count). The van der Waals surface area contributed by atoms with Gasteiger partial charge in [0.25, 0.3) is 5.91 Å². The van der Waals surface area contributed by atoms with E-state index >= 15 is 0 Å². The SMILES string of the molecule is O=C(Nc1ccc(N2CCCC2)cn1)C1CCN(C(=O)c2ccc(C(F)(F)F)cc2)CC1. The van der Waals surface area contributed by atoms with Crippen LogP contribution >= 0.6 is 0 Å². The van der Waals surface area contributed by atoms with Crippen LogP contribution in [0, 0.1) is 5.92 Å². The summed E-state index contributed by atoms with van der Waals surface area (Å²) in [6.07, 6.45) is 0.675. The smallest absolute Gasteiger partial charge is 0.370 e. The average molecular weight is 446 g/mol. The Morgan fingerprint density at radius 3 is 2.16 bits per heavy atom. The van der Waals surface area contributed by atoms with Crippen LogP contribution in [0.25, 0.3) is 0 Å². The lowest BCUT2D eigenvalue weighted by atomic mass is 9.95. The molecule has 1 aromatic heterocycles. The third kappa shape index (κ3) is 5.03. The summed E-state index contributed by atoms with van der Waals surface area (Å²) >= 11 is 0. The minimum Gasteiger partial charge on any atom is -0.370 e. The van der Waals surface area contributed by atoms with E-state index < -0.39 is 11.7 Å². The van der Waals surface area contributed by atoms with Crippen molar-refractivity contribution in [2.45, 2.75) is 31.9 Å². The zero-order valence-electron chi connectivity index (χ0n) is 17.6. The molecule has 1 aromatic carbocycles. The molecule has 9 heteroatoms. The first-order valence-corrected chi connectivity index (χ1v) is 10.8. The molecule has 0 bridgehead atoms.